The second kappa shape index (κ2) is 5.72. The lowest BCUT2D eigenvalue weighted by Crippen LogP contribution is -2.39. The highest BCUT2D eigenvalue weighted by Gasteiger charge is 2.16. The number of aryl methyl sites for hydroxylation is 2. The molecule has 0 fully saturated rings. The van der Waals surface area contributed by atoms with Crippen molar-refractivity contribution in [2.24, 2.45) is 7.05 Å². The summed E-state index contributed by atoms with van der Waals surface area (Å²) in [7, 11) is 3.09. The van der Waals surface area contributed by atoms with Gasteiger partial charge in [0.2, 0.25) is 0 Å². The molecule has 23 heavy (non-hydrogen) atoms. The summed E-state index contributed by atoms with van der Waals surface area (Å²) in [6.07, 6.45) is 1.52. The van der Waals surface area contributed by atoms with Gasteiger partial charge in [0.25, 0.3) is 5.56 Å². The van der Waals surface area contributed by atoms with Crippen molar-refractivity contribution in [2.75, 3.05) is 7.11 Å². The quantitative estimate of drug-likeness (QED) is 0.734. The Morgan fingerprint density at radius 1 is 1.22 bits per heavy atom. The lowest BCUT2D eigenvalue weighted by molar-refractivity contribution is 0.418. The number of benzene rings is 1. The van der Waals surface area contributed by atoms with Gasteiger partial charge < -0.3 is 4.74 Å². The van der Waals surface area contributed by atoms with E-state index in [4.69, 9.17) is 4.74 Å². The molecule has 0 spiro atoms. The molecule has 0 N–H and O–H groups in total. The first kappa shape index (κ1) is 15.0. The number of fused-ring (bicyclic) bond motifs is 1. The van der Waals surface area contributed by atoms with E-state index in [-0.39, 0.29) is 6.54 Å². The van der Waals surface area contributed by atoms with Gasteiger partial charge in [0, 0.05) is 13.2 Å². The van der Waals surface area contributed by atoms with Gasteiger partial charge in [-0.2, -0.15) is 0 Å². The number of ether oxygens (including phenoxy) is 1. The maximum Gasteiger partial charge on any atom is 0.332 e. The highest BCUT2D eigenvalue weighted by molar-refractivity contribution is 5.80. The van der Waals surface area contributed by atoms with Crippen molar-refractivity contribution in [3.8, 4) is 5.75 Å². The minimum absolute atomic E-state index is 0.209. The third-order valence-corrected chi connectivity index (χ3v) is 3.83. The number of hydrogen-bond donors (Lipinski definition) is 0. The number of nitrogens with zero attached hydrogens (tertiary/aromatic N) is 3. The van der Waals surface area contributed by atoms with E-state index in [1.165, 1.54) is 22.4 Å². The standard InChI is InChI=1S/C17H17N3O3/c1-11-5-4-6-12(9-11)10-20-16(21)14-13(23-3)7-8-18-15(14)19(2)17(20)22/h4-9H,10H2,1-3H3. The molecule has 0 radical (unpaired) electrons. The minimum atomic E-state index is -0.398. The van der Waals surface area contributed by atoms with E-state index in [9.17, 15) is 9.59 Å². The lowest BCUT2D eigenvalue weighted by Gasteiger charge is -2.12. The Morgan fingerprint density at radius 2 is 2.00 bits per heavy atom. The molecule has 6 nitrogen and oxygen atoms in total. The Bertz CT molecular complexity index is 1000. The van der Waals surface area contributed by atoms with Crippen LogP contribution in [0.25, 0.3) is 11.0 Å². The molecule has 3 aromatic rings. The first-order valence-corrected chi connectivity index (χ1v) is 7.21. The van der Waals surface area contributed by atoms with Crippen LogP contribution in [0.5, 0.6) is 5.75 Å². The van der Waals surface area contributed by atoms with E-state index in [1.54, 1.807) is 13.1 Å². The van der Waals surface area contributed by atoms with Crippen LogP contribution in [0.1, 0.15) is 11.1 Å². The summed E-state index contributed by atoms with van der Waals surface area (Å²) in [6.45, 7) is 2.18. The molecule has 3 rings (SSSR count). The van der Waals surface area contributed by atoms with E-state index in [0.717, 1.165) is 11.1 Å². The molecule has 2 heterocycles. The summed E-state index contributed by atoms with van der Waals surface area (Å²) in [5.74, 6) is 0.411. The average molecular weight is 311 g/mol. The van der Waals surface area contributed by atoms with Gasteiger partial charge in [0.1, 0.15) is 11.1 Å². The van der Waals surface area contributed by atoms with E-state index < -0.39 is 11.2 Å². The molecular weight excluding hydrogens is 294 g/mol. The number of aromatic nitrogens is 3. The third-order valence-electron chi connectivity index (χ3n) is 3.83. The van der Waals surface area contributed by atoms with Gasteiger partial charge in [0.05, 0.1) is 13.7 Å². The molecule has 0 aliphatic heterocycles. The monoisotopic (exact) mass is 311 g/mol. The smallest absolute Gasteiger partial charge is 0.332 e. The maximum absolute atomic E-state index is 12.8. The van der Waals surface area contributed by atoms with E-state index >= 15 is 0 Å². The van der Waals surface area contributed by atoms with Crippen LogP contribution >= 0.6 is 0 Å². The summed E-state index contributed by atoms with van der Waals surface area (Å²) in [6, 6.07) is 9.34. The molecule has 118 valence electrons. The van der Waals surface area contributed by atoms with Crippen molar-refractivity contribution >= 4 is 11.0 Å². The highest BCUT2D eigenvalue weighted by Crippen LogP contribution is 2.18. The molecule has 0 saturated carbocycles. The highest BCUT2D eigenvalue weighted by atomic mass is 16.5. The van der Waals surface area contributed by atoms with Crippen molar-refractivity contribution in [3.63, 3.8) is 0 Å². The second-order valence-corrected chi connectivity index (χ2v) is 5.43. The van der Waals surface area contributed by atoms with E-state index in [2.05, 4.69) is 4.98 Å². The summed E-state index contributed by atoms with van der Waals surface area (Å²) in [5.41, 5.74) is 1.50. The third kappa shape index (κ3) is 2.52. The van der Waals surface area contributed by atoms with Crippen LogP contribution in [0.2, 0.25) is 0 Å². The first-order valence-electron chi connectivity index (χ1n) is 7.21. The van der Waals surface area contributed by atoms with Crippen molar-refractivity contribution in [1.82, 2.24) is 14.1 Å². The van der Waals surface area contributed by atoms with Gasteiger partial charge in [-0.1, -0.05) is 29.8 Å². The summed E-state index contributed by atoms with van der Waals surface area (Å²) < 4.78 is 7.84. The molecule has 0 bridgehead atoms. The molecule has 2 aromatic heterocycles. The number of rotatable bonds is 3. The molecule has 0 unspecified atom stereocenters. The Labute approximate surface area is 132 Å². The fraction of sp³-hybridized carbons (Fsp3) is 0.235. The number of methoxy groups -OCH3 is 1. The van der Waals surface area contributed by atoms with Crippen LogP contribution in [0.3, 0.4) is 0 Å². The molecule has 1 aromatic carbocycles. The molecule has 0 atom stereocenters. The molecular formula is C17H17N3O3. The van der Waals surface area contributed by atoms with Gasteiger partial charge in [-0.05, 0) is 18.6 Å². The molecule has 6 heteroatoms. The molecule has 0 saturated heterocycles. The summed E-state index contributed by atoms with van der Waals surface area (Å²) >= 11 is 0. The van der Waals surface area contributed by atoms with Crippen LogP contribution in [0, 0.1) is 6.92 Å². The van der Waals surface area contributed by atoms with Crippen LogP contribution in [0.4, 0.5) is 0 Å². The Balaban J connectivity index is 2.29. The average Bonchev–Trinajstić information content (AvgIpc) is 2.56. The van der Waals surface area contributed by atoms with Crippen molar-refractivity contribution in [2.45, 2.75) is 13.5 Å². The summed E-state index contributed by atoms with van der Waals surface area (Å²) in [5, 5.41) is 0.310. The van der Waals surface area contributed by atoms with Gasteiger partial charge in [0.15, 0.2) is 5.65 Å². The van der Waals surface area contributed by atoms with Crippen LogP contribution < -0.4 is 16.0 Å². The fourth-order valence-corrected chi connectivity index (χ4v) is 2.69. The predicted octanol–water partition coefficient (Wildman–Crippen LogP) is 1.46. The van der Waals surface area contributed by atoms with Crippen LogP contribution in [-0.4, -0.2) is 21.2 Å². The van der Waals surface area contributed by atoms with Crippen LogP contribution in [-0.2, 0) is 13.6 Å². The zero-order valence-electron chi connectivity index (χ0n) is 13.2. The van der Waals surface area contributed by atoms with Crippen molar-refractivity contribution < 1.29 is 4.74 Å². The number of hydrogen-bond acceptors (Lipinski definition) is 4. The van der Waals surface area contributed by atoms with Crippen molar-refractivity contribution in [3.05, 3.63) is 68.5 Å². The molecule has 0 aliphatic rings. The van der Waals surface area contributed by atoms with E-state index in [1.807, 2.05) is 31.2 Å². The Morgan fingerprint density at radius 3 is 2.70 bits per heavy atom. The van der Waals surface area contributed by atoms with Gasteiger partial charge in [-0.15, -0.1) is 0 Å². The number of pyridine rings is 1. The summed E-state index contributed by atoms with van der Waals surface area (Å²) in [4.78, 5) is 29.5. The predicted molar refractivity (Wildman–Crippen MR) is 88.1 cm³/mol. The molecule has 0 amide bonds. The lowest BCUT2D eigenvalue weighted by atomic mass is 10.1. The Hall–Kier alpha value is -2.89. The van der Waals surface area contributed by atoms with Gasteiger partial charge in [-0.3, -0.25) is 13.9 Å². The normalized spacial score (nSPS) is 10.9. The fourth-order valence-electron chi connectivity index (χ4n) is 2.69. The van der Waals surface area contributed by atoms with Crippen molar-refractivity contribution in [1.29, 1.82) is 0 Å². The van der Waals surface area contributed by atoms with Crippen LogP contribution in [0.15, 0.2) is 46.1 Å². The molecule has 0 aliphatic carbocycles. The topological polar surface area (TPSA) is 66.1 Å². The SMILES string of the molecule is COc1ccnc2c1c(=O)n(Cc1cccc(C)c1)c(=O)n2C. The zero-order chi connectivity index (χ0) is 16.6. The second-order valence-electron chi connectivity index (χ2n) is 5.43. The Kier molecular flexibility index (Phi) is 3.73. The minimum Gasteiger partial charge on any atom is -0.496 e. The maximum atomic E-state index is 12.8. The largest absolute Gasteiger partial charge is 0.496 e. The zero-order valence-corrected chi connectivity index (χ0v) is 13.2. The van der Waals surface area contributed by atoms with Gasteiger partial charge in [-0.25, -0.2) is 9.78 Å². The van der Waals surface area contributed by atoms with Gasteiger partial charge >= 0.3 is 5.69 Å². The van der Waals surface area contributed by atoms with E-state index in [0.29, 0.717) is 16.8 Å². The first-order chi connectivity index (χ1) is 11.0.